The second-order valence-electron chi connectivity index (χ2n) is 21.8. The molecule has 6 unspecified atom stereocenters. The minimum absolute atomic E-state index is 0.0390. The van der Waals surface area contributed by atoms with Gasteiger partial charge in [-0.05, 0) is 18.4 Å². The number of hydrogen-bond acceptors (Lipinski definition) is 32. The Morgan fingerprint density at radius 2 is 0.699 bits per heavy atom. The van der Waals surface area contributed by atoms with Gasteiger partial charge >= 0.3 is 0 Å². The average molecular weight is 1360 g/mol. The van der Waals surface area contributed by atoms with Gasteiger partial charge in [-0.25, -0.2) is 0 Å². The highest BCUT2D eigenvalue weighted by molar-refractivity contribution is 5.79. The van der Waals surface area contributed by atoms with Crippen molar-refractivity contribution in [2.24, 2.45) is 10.5 Å². The summed E-state index contributed by atoms with van der Waals surface area (Å²) in [6.07, 6.45) is -19.5. The molecule has 3 aliphatic rings. The van der Waals surface area contributed by atoms with Gasteiger partial charge in [-0.1, -0.05) is 11.5 Å². The lowest BCUT2D eigenvalue weighted by atomic mass is 9.84. The van der Waals surface area contributed by atoms with Gasteiger partial charge in [0.2, 0.25) is 17.7 Å². The van der Waals surface area contributed by atoms with Crippen molar-refractivity contribution in [2.45, 2.75) is 143 Å². The van der Waals surface area contributed by atoms with Crippen LogP contribution < -0.4 is 16.0 Å². The number of ether oxygens (including phenoxy) is 15. The highest BCUT2D eigenvalue weighted by Gasteiger charge is 2.46. The van der Waals surface area contributed by atoms with Crippen molar-refractivity contribution < 1.29 is 152 Å². The monoisotopic (exact) mass is 1350 g/mol. The fraction of sp³-hybridized carbons (Fsp3) is 0.929. The lowest BCUT2D eigenvalue weighted by Gasteiger charge is -2.39. The van der Waals surface area contributed by atoms with Gasteiger partial charge in [0.05, 0.1) is 159 Å². The zero-order chi connectivity index (χ0) is 68.1. The van der Waals surface area contributed by atoms with Crippen LogP contribution in [-0.4, -0.2) is 362 Å². The molecule has 0 aromatic rings. The maximum absolute atomic E-state index is 13.7. The highest BCUT2D eigenvalue weighted by atomic mass is 16.7. The van der Waals surface area contributed by atoms with E-state index in [1.54, 1.807) is 0 Å². The number of amides is 3. The Hall–Kier alpha value is -3.69. The zero-order valence-electron chi connectivity index (χ0n) is 52.6. The maximum atomic E-state index is 13.7. The smallest absolute Gasteiger partial charge is 0.222 e. The average Bonchev–Trinajstić information content (AvgIpc) is 1.09. The molecule has 0 aromatic carbocycles. The molecule has 3 amide bonds. The number of carbonyl (C=O) groups excluding carboxylic acids is 4. The number of ketones is 1. The Labute approximate surface area is 538 Å². The SMILES string of the molecule is [N-]=[N+]=NCCCCCC(=O)CC(COCCC(=O)NCCOCCOCCO[C@H]1OC(CO)[C@@H](O)[C@H](O)C1O)(COCCC(=O)NCCOCCOCCO[C@H]1OC(CO)[C@@H](O)[C@H](O)C1O)COCCC(=O)NCCOCCOCCO[C@H]1OC(CO)[C@@H](O)[C@H](O)C1O. The third kappa shape index (κ3) is 34.4. The van der Waals surface area contributed by atoms with Gasteiger partial charge in [0, 0.05) is 68.6 Å². The van der Waals surface area contributed by atoms with E-state index in [-0.39, 0.29) is 221 Å². The molecule has 3 aliphatic heterocycles. The van der Waals surface area contributed by atoms with E-state index in [1.807, 2.05) is 0 Å². The Balaban J connectivity index is 1.45. The number of unbranched alkanes of at least 4 members (excludes halogenated alkanes) is 2. The van der Waals surface area contributed by atoms with E-state index in [2.05, 4.69) is 26.0 Å². The Bertz CT molecular complexity index is 1840. The fourth-order valence-corrected chi connectivity index (χ4v) is 9.18. The van der Waals surface area contributed by atoms with E-state index in [0.717, 1.165) is 0 Å². The summed E-state index contributed by atoms with van der Waals surface area (Å²) < 4.78 is 83.0. The number of aliphatic hydroxyl groups is 12. The first-order valence-corrected chi connectivity index (χ1v) is 31.2. The molecule has 15 N–H and O–H groups in total. The van der Waals surface area contributed by atoms with E-state index < -0.39 is 117 Å². The van der Waals surface area contributed by atoms with E-state index in [1.165, 1.54) is 0 Å². The molecular weight excluding hydrogens is 1250 g/mol. The normalized spacial score (nSPS) is 27.1. The van der Waals surface area contributed by atoms with E-state index >= 15 is 0 Å². The Morgan fingerprint density at radius 3 is 1.01 bits per heavy atom. The molecule has 15 atom stereocenters. The van der Waals surface area contributed by atoms with Crippen LogP contribution in [0, 0.1) is 5.41 Å². The maximum Gasteiger partial charge on any atom is 0.222 e. The zero-order valence-corrected chi connectivity index (χ0v) is 52.6. The van der Waals surface area contributed by atoms with Crippen LogP contribution in [0.25, 0.3) is 10.4 Å². The van der Waals surface area contributed by atoms with Crippen molar-refractivity contribution in [1.29, 1.82) is 0 Å². The number of azide groups is 1. The van der Waals surface area contributed by atoms with E-state index in [0.29, 0.717) is 19.3 Å². The summed E-state index contributed by atoms with van der Waals surface area (Å²) >= 11 is 0. The van der Waals surface area contributed by atoms with Crippen LogP contribution in [0.4, 0.5) is 0 Å². The Morgan fingerprint density at radius 1 is 0.387 bits per heavy atom. The molecule has 37 heteroatoms. The molecule has 0 aliphatic carbocycles. The number of nitrogens with one attached hydrogen (secondary N) is 3. The van der Waals surface area contributed by atoms with Crippen LogP contribution in [0.1, 0.15) is 51.4 Å². The molecule has 93 heavy (non-hydrogen) atoms. The van der Waals surface area contributed by atoms with E-state index in [9.17, 15) is 80.5 Å². The van der Waals surface area contributed by atoms with Crippen LogP contribution in [0.2, 0.25) is 0 Å². The lowest BCUT2D eigenvalue weighted by molar-refractivity contribution is -0.302. The molecule has 3 saturated heterocycles. The van der Waals surface area contributed by atoms with Crippen LogP contribution in [0.5, 0.6) is 0 Å². The topological polar surface area (TPSA) is 534 Å². The second kappa shape index (κ2) is 50.6. The minimum Gasteiger partial charge on any atom is -0.394 e. The van der Waals surface area contributed by atoms with Crippen LogP contribution >= 0.6 is 0 Å². The van der Waals surface area contributed by atoms with Crippen molar-refractivity contribution >= 4 is 23.5 Å². The van der Waals surface area contributed by atoms with Crippen LogP contribution in [0.3, 0.4) is 0 Å². The largest absolute Gasteiger partial charge is 0.394 e. The predicted molar refractivity (Wildman–Crippen MR) is 314 cm³/mol. The number of rotatable bonds is 56. The molecule has 0 spiro atoms. The first-order valence-electron chi connectivity index (χ1n) is 31.2. The highest BCUT2D eigenvalue weighted by Crippen LogP contribution is 2.28. The van der Waals surface area contributed by atoms with Gasteiger partial charge in [0.15, 0.2) is 18.9 Å². The second-order valence-corrected chi connectivity index (χ2v) is 21.8. The molecule has 0 bridgehead atoms. The molecule has 3 rings (SSSR count). The van der Waals surface area contributed by atoms with Crippen molar-refractivity contribution in [3.63, 3.8) is 0 Å². The molecule has 37 nitrogen and oxygen atoms in total. The van der Waals surface area contributed by atoms with Crippen LogP contribution in [-0.2, 0) is 90.2 Å². The van der Waals surface area contributed by atoms with E-state index in [4.69, 9.17) is 76.6 Å². The van der Waals surface area contributed by atoms with Crippen molar-refractivity contribution in [2.75, 3.05) is 185 Å². The summed E-state index contributed by atoms with van der Waals surface area (Å²) in [5.41, 5.74) is 7.49. The van der Waals surface area contributed by atoms with Gasteiger partial charge in [-0.2, -0.15) is 0 Å². The summed E-state index contributed by atoms with van der Waals surface area (Å²) in [6.45, 7) is -0.155. The summed E-state index contributed by atoms with van der Waals surface area (Å²) in [5.74, 6) is -1.24. The number of aliphatic hydroxyl groups excluding tert-OH is 12. The fourth-order valence-electron chi connectivity index (χ4n) is 9.18. The first-order chi connectivity index (χ1) is 44.9. The summed E-state index contributed by atoms with van der Waals surface area (Å²) in [5, 5.41) is 129. The van der Waals surface area contributed by atoms with Crippen molar-refractivity contribution in [3.8, 4) is 0 Å². The van der Waals surface area contributed by atoms with Gasteiger partial charge in [-0.3, -0.25) is 19.2 Å². The predicted octanol–water partition coefficient (Wildman–Crippen LogP) is -7.08. The number of nitrogens with zero attached hydrogens (tertiary/aromatic N) is 3. The number of Topliss-reactive ketones (excluding diaryl/α,β-unsaturated/α-hetero) is 1. The van der Waals surface area contributed by atoms with Gasteiger partial charge in [0.25, 0.3) is 0 Å². The minimum atomic E-state index is -1.57. The number of carbonyl (C=O) groups is 4. The molecule has 0 saturated carbocycles. The molecular formula is C56H102N6O31. The Kier molecular flexibility index (Phi) is 45.5. The van der Waals surface area contributed by atoms with Crippen LogP contribution in [0.15, 0.2) is 5.11 Å². The molecule has 3 heterocycles. The number of hydrogen-bond donors (Lipinski definition) is 15. The first kappa shape index (κ1) is 83.5. The van der Waals surface area contributed by atoms with Crippen molar-refractivity contribution in [3.05, 3.63) is 10.4 Å². The quantitative estimate of drug-likeness (QED) is 0.0116. The third-order valence-electron chi connectivity index (χ3n) is 14.4. The summed E-state index contributed by atoms with van der Waals surface area (Å²) in [7, 11) is 0. The van der Waals surface area contributed by atoms with Gasteiger partial charge < -0.3 is 148 Å². The standard InChI is InChI=1S/C56H102N6O31/c57-62-61-8-3-1-2-4-37(66)30-56(34-85-12-5-41(67)58-9-15-79-18-21-82-24-27-88-53-50(76)47(73)44(70)38(31-63)91-53,35-86-13-6-42(68)59-10-16-80-19-22-83-25-28-89-54-51(77)48(74)45(71)39(32-64)92-54)36-87-14-7-43(69)60-11-17-81-20-23-84-26-29-90-55-52(78)49(75)46(72)40(33-65)93-55/h38-40,44-55,63-65,70-78H,1-36H2,(H,58,67)(H,59,68)(H,60,69)/t38?,39?,40?,44-,45-,46-,47+,48+,49+,50?,51?,52?,53+,54+,55+,56?/m1/s1. The molecule has 3 fully saturated rings. The third-order valence-corrected chi connectivity index (χ3v) is 14.4. The molecule has 542 valence electrons. The summed E-state index contributed by atoms with van der Waals surface area (Å²) in [6, 6.07) is 0. The van der Waals surface area contributed by atoms with Gasteiger partial charge in [0.1, 0.15) is 79.0 Å². The molecule has 0 aromatic heterocycles. The van der Waals surface area contributed by atoms with Gasteiger partial charge in [-0.15, -0.1) is 0 Å². The molecule has 0 radical (unpaired) electrons. The lowest BCUT2D eigenvalue weighted by Crippen LogP contribution is -2.59. The summed E-state index contributed by atoms with van der Waals surface area (Å²) in [4.78, 5) is 54.9. The van der Waals surface area contributed by atoms with Crippen molar-refractivity contribution in [1.82, 2.24) is 16.0 Å².